The molecule has 0 bridgehead atoms. The van der Waals surface area contributed by atoms with E-state index in [1.165, 1.54) is 0 Å². The normalized spacial score (nSPS) is 24.9. The monoisotopic (exact) mass is 557 g/mol. The Hall–Kier alpha value is -3.83. The first-order valence-corrected chi connectivity index (χ1v) is 15.6. The molecule has 7 rings (SSSR count). The number of hydrogen-bond acceptors (Lipinski definition) is 7. The molecule has 3 N–H and O–H groups in total. The number of sulfonamides is 1. The maximum absolute atomic E-state index is 12.9. The van der Waals surface area contributed by atoms with Crippen molar-refractivity contribution in [3.8, 4) is 22.4 Å². The second-order valence-corrected chi connectivity index (χ2v) is 13.0. The molecule has 11 heteroatoms. The Morgan fingerprint density at radius 3 is 2.55 bits per heavy atom. The molecule has 1 aliphatic heterocycles. The van der Waals surface area contributed by atoms with Crippen molar-refractivity contribution in [2.45, 2.75) is 50.6 Å². The minimum Gasteiger partial charge on any atom is -0.383 e. The van der Waals surface area contributed by atoms with Crippen LogP contribution < -0.4 is 10.5 Å². The molecule has 206 valence electrons. The van der Waals surface area contributed by atoms with Gasteiger partial charge < -0.3 is 10.6 Å². The molecular formula is C29H31N7O3S. The molecule has 1 saturated heterocycles. The third-order valence-electron chi connectivity index (χ3n) is 9.29. The molecule has 0 radical (unpaired) electrons. The van der Waals surface area contributed by atoms with E-state index in [0.29, 0.717) is 11.5 Å². The number of likely N-dealkylation sites (tertiary alicyclic amines) is 1. The van der Waals surface area contributed by atoms with Crippen LogP contribution in [0.15, 0.2) is 54.9 Å². The summed E-state index contributed by atoms with van der Waals surface area (Å²) in [5, 5.41) is 4.59. The minimum absolute atomic E-state index is 0.00151. The molecule has 1 spiro atoms. The second-order valence-electron chi connectivity index (χ2n) is 11.2. The number of amides is 1. The van der Waals surface area contributed by atoms with Crippen molar-refractivity contribution in [1.29, 1.82) is 0 Å². The summed E-state index contributed by atoms with van der Waals surface area (Å²) in [6.45, 7) is 1.89. The van der Waals surface area contributed by atoms with Crippen LogP contribution >= 0.6 is 0 Å². The SMILES string of the molecule is CCc1c(C2CC3N(C(=O)CNS(C)(=O)=O)C4CCC243)nc2c(-c3ccc(-c4ccccc4)nc3)cnn2c1N. The molecule has 1 amide bonds. The minimum atomic E-state index is -3.43. The smallest absolute Gasteiger partial charge is 0.238 e. The molecule has 3 aromatic heterocycles. The third-order valence-corrected chi connectivity index (χ3v) is 9.96. The number of aromatic nitrogens is 4. The van der Waals surface area contributed by atoms with Crippen LogP contribution in [0.3, 0.4) is 0 Å². The molecule has 4 heterocycles. The van der Waals surface area contributed by atoms with Crippen LogP contribution in [0.5, 0.6) is 0 Å². The average Bonchev–Trinajstić information content (AvgIpc) is 3.35. The Kier molecular flexibility index (Phi) is 5.56. The predicted octanol–water partition coefficient (Wildman–Crippen LogP) is 3.00. The summed E-state index contributed by atoms with van der Waals surface area (Å²) >= 11 is 0. The lowest BCUT2D eigenvalue weighted by molar-refractivity contribution is -0.269. The van der Waals surface area contributed by atoms with Crippen molar-refractivity contribution >= 4 is 27.4 Å². The fourth-order valence-corrected chi connectivity index (χ4v) is 7.68. The summed E-state index contributed by atoms with van der Waals surface area (Å²) < 4.78 is 27.1. The van der Waals surface area contributed by atoms with E-state index in [2.05, 4.69) is 16.7 Å². The quantitative estimate of drug-likeness (QED) is 0.357. The first kappa shape index (κ1) is 25.2. The molecule has 3 fully saturated rings. The van der Waals surface area contributed by atoms with Gasteiger partial charge >= 0.3 is 0 Å². The van der Waals surface area contributed by atoms with Gasteiger partial charge in [0, 0.05) is 51.9 Å². The lowest BCUT2D eigenvalue weighted by atomic mass is 9.37. The molecule has 1 aromatic carbocycles. The number of nitrogens with two attached hydrogens (primary N) is 1. The molecule has 4 unspecified atom stereocenters. The summed E-state index contributed by atoms with van der Waals surface area (Å²) in [5.74, 6) is 0.645. The number of nitrogens with zero attached hydrogens (tertiary/aromatic N) is 5. The van der Waals surface area contributed by atoms with Gasteiger partial charge in [0.15, 0.2) is 5.65 Å². The van der Waals surface area contributed by atoms with Crippen molar-refractivity contribution < 1.29 is 13.2 Å². The van der Waals surface area contributed by atoms with Crippen LogP contribution in [0.2, 0.25) is 0 Å². The maximum Gasteiger partial charge on any atom is 0.238 e. The first-order chi connectivity index (χ1) is 19.2. The van der Waals surface area contributed by atoms with Gasteiger partial charge in [-0.25, -0.2) is 18.1 Å². The van der Waals surface area contributed by atoms with Crippen LogP contribution in [0.4, 0.5) is 5.82 Å². The Labute approximate surface area is 232 Å². The van der Waals surface area contributed by atoms with Gasteiger partial charge in [-0.1, -0.05) is 43.3 Å². The summed E-state index contributed by atoms with van der Waals surface area (Å²) in [6, 6.07) is 14.3. The van der Waals surface area contributed by atoms with E-state index in [0.717, 1.165) is 65.6 Å². The fourth-order valence-electron chi connectivity index (χ4n) is 7.29. The first-order valence-electron chi connectivity index (χ1n) is 13.7. The van der Waals surface area contributed by atoms with E-state index >= 15 is 0 Å². The lowest BCUT2D eigenvalue weighted by Gasteiger charge is -2.79. The number of carbonyl (C=O) groups is 1. The number of benzene rings is 1. The number of pyridine rings is 1. The van der Waals surface area contributed by atoms with E-state index in [1.807, 2.05) is 53.6 Å². The van der Waals surface area contributed by atoms with Crippen LogP contribution in [-0.2, 0) is 21.2 Å². The zero-order chi connectivity index (χ0) is 27.8. The van der Waals surface area contributed by atoms with Crippen molar-refractivity contribution in [1.82, 2.24) is 29.2 Å². The van der Waals surface area contributed by atoms with Gasteiger partial charge in [-0.15, -0.1) is 0 Å². The number of nitrogen functional groups attached to an aromatic ring is 1. The molecule has 4 aromatic rings. The van der Waals surface area contributed by atoms with Crippen molar-refractivity contribution in [3.63, 3.8) is 0 Å². The van der Waals surface area contributed by atoms with Crippen LogP contribution in [0.25, 0.3) is 28.0 Å². The molecule has 2 aliphatic carbocycles. The highest BCUT2D eigenvalue weighted by atomic mass is 32.2. The van der Waals surface area contributed by atoms with E-state index in [1.54, 1.807) is 10.7 Å². The van der Waals surface area contributed by atoms with E-state index in [4.69, 9.17) is 15.7 Å². The highest BCUT2D eigenvalue weighted by Crippen LogP contribution is 2.74. The summed E-state index contributed by atoms with van der Waals surface area (Å²) in [4.78, 5) is 24.7. The zero-order valence-electron chi connectivity index (χ0n) is 22.4. The van der Waals surface area contributed by atoms with E-state index in [9.17, 15) is 13.2 Å². The second kappa shape index (κ2) is 8.84. The number of anilines is 1. The number of carbonyl (C=O) groups excluding carboxylic acids is 1. The Bertz CT molecular complexity index is 1750. The molecule has 3 aliphatic rings. The highest BCUT2D eigenvalue weighted by Gasteiger charge is 2.76. The van der Waals surface area contributed by atoms with Gasteiger partial charge in [0.05, 0.1) is 30.4 Å². The fraction of sp³-hybridized carbons (Fsp3) is 0.379. The highest BCUT2D eigenvalue weighted by molar-refractivity contribution is 7.88. The standard InChI is InChI=1S/C29H31N7O3S/c1-3-19-26(21-13-24-29(21)12-11-23(29)35(24)25(37)16-33-40(2,38)39)34-28-20(15-32-36(28)27(19)30)18-9-10-22(31-14-18)17-7-5-4-6-8-17/h4-10,14-15,21,23-24,33H,3,11-13,16,30H2,1-2H3. The van der Waals surface area contributed by atoms with Gasteiger partial charge in [0.25, 0.3) is 0 Å². The molecular weight excluding hydrogens is 526 g/mol. The zero-order valence-corrected chi connectivity index (χ0v) is 23.2. The molecule has 4 atom stereocenters. The topological polar surface area (TPSA) is 136 Å². The predicted molar refractivity (Wildman–Crippen MR) is 152 cm³/mol. The van der Waals surface area contributed by atoms with Crippen LogP contribution in [-0.4, -0.2) is 63.7 Å². The largest absolute Gasteiger partial charge is 0.383 e. The Morgan fingerprint density at radius 1 is 1.12 bits per heavy atom. The average molecular weight is 558 g/mol. The van der Waals surface area contributed by atoms with Gasteiger partial charge in [0.2, 0.25) is 15.9 Å². The summed E-state index contributed by atoms with van der Waals surface area (Å²) in [5.41, 5.74) is 13.2. The number of hydrogen-bond donors (Lipinski definition) is 2. The molecule has 10 nitrogen and oxygen atoms in total. The Balaban J connectivity index is 1.21. The van der Waals surface area contributed by atoms with Gasteiger partial charge in [0.1, 0.15) is 5.82 Å². The molecule has 40 heavy (non-hydrogen) atoms. The van der Waals surface area contributed by atoms with Crippen molar-refractivity contribution in [2.24, 2.45) is 5.41 Å². The summed E-state index contributed by atoms with van der Waals surface area (Å²) in [7, 11) is -3.43. The van der Waals surface area contributed by atoms with Crippen LogP contribution in [0.1, 0.15) is 43.4 Å². The van der Waals surface area contributed by atoms with Gasteiger partial charge in [-0.2, -0.15) is 9.61 Å². The van der Waals surface area contributed by atoms with Gasteiger partial charge in [-0.3, -0.25) is 9.78 Å². The maximum atomic E-state index is 12.9. The van der Waals surface area contributed by atoms with E-state index < -0.39 is 10.0 Å². The number of nitrogens with one attached hydrogen (secondary N) is 1. The van der Waals surface area contributed by atoms with Crippen molar-refractivity contribution in [3.05, 3.63) is 66.1 Å². The third kappa shape index (κ3) is 3.53. The van der Waals surface area contributed by atoms with Crippen molar-refractivity contribution in [2.75, 3.05) is 18.5 Å². The number of fused-ring (bicyclic) bond motifs is 1. The number of rotatable bonds is 7. The summed E-state index contributed by atoms with van der Waals surface area (Å²) in [6.07, 6.45) is 8.21. The Morgan fingerprint density at radius 2 is 1.93 bits per heavy atom. The number of piperidine rings is 2. The lowest BCUT2D eigenvalue weighted by Crippen LogP contribution is -2.85. The van der Waals surface area contributed by atoms with Gasteiger partial charge in [-0.05, 0) is 31.7 Å². The van der Waals surface area contributed by atoms with E-state index in [-0.39, 0.29) is 35.9 Å². The molecule has 2 saturated carbocycles. The van der Waals surface area contributed by atoms with Crippen LogP contribution in [0, 0.1) is 5.41 Å².